The van der Waals surface area contributed by atoms with Crippen LogP contribution in [0.25, 0.3) is 16.8 Å². The zero-order valence-electron chi connectivity index (χ0n) is 21.4. The number of aromatic nitrogens is 3. The van der Waals surface area contributed by atoms with E-state index in [9.17, 15) is 9.18 Å². The minimum Gasteiger partial charge on any atom is -0.494 e. The van der Waals surface area contributed by atoms with E-state index in [0.29, 0.717) is 37.0 Å². The van der Waals surface area contributed by atoms with Gasteiger partial charge in [-0.1, -0.05) is 12.0 Å². The van der Waals surface area contributed by atoms with Crippen molar-refractivity contribution in [3.05, 3.63) is 66.5 Å². The van der Waals surface area contributed by atoms with Crippen molar-refractivity contribution in [1.82, 2.24) is 19.3 Å². The summed E-state index contributed by atoms with van der Waals surface area (Å²) in [7, 11) is 1.41. The van der Waals surface area contributed by atoms with Gasteiger partial charge >= 0.3 is 0 Å². The van der Waals surface area contributed by atoms with E-state index in [1.165, 1.54) is 13.2 Å². The molecule has 0 bridgehead atoms. The quantitative estimate of drug-likeness (QED) is 0.320. The van der Waals surface area contributed by atoms with E-state index in [1.54, 1.807) is 42.3 Å². The molecule has 0 spiro atoms. The summed E-state index contributed by atoms with van der Waals surface area (Å²) in [4.78, 5) is 23.6. The Kier molecular flexibility index (Phi) is 7.13. The monoisotopic (exact) mass is 514 g/mol. The van der Waals surface area contributed by atoms with Gasteiger partial charge < -0.3 is 19.1 Å². The molecule has 2 aromatic heterocycles. The number of hydrogen-bond acceptors (Lipinski definition) is 6. The Labute approximate surface area is 220 Å². The summed E-state index contributed by atoms with van der Waals surface area (Å²) in [6.07, 6.45) is 4.33. The van der Waals surface area contributed by atoms with Crippen molar-refractivity contribution in [2.45, 2.75) is 26.2 Å². The number of imidazole rings is 1. The van der Waals surface area contributed by atoms with E-state index in [4.69, 9.17) is 19.2 Å². The average Bonchev–Trinajstić information content (AvgIpc) is 3.57. The first-order valence-electron chi connectivity index (χ1n) is 12.4. The normalized spacial score (nSPS) is 14.7. The Bertz CT molecular complexity index is 1540. The van der Waals surface area contributed by atoms with Crippen LogP contribution in [-0.2, 0) is 4.79 Å². The second-order valence-corrected chi connectivity index (χ2v) is 8.71. The van der Waals surface area contributed by atoms with E-state index >= 15 is 0 Å². The van der Waals surface area contributed by atoms with Gasteiger partial charge in [0, 0.05) is 37.0 Å². The number of halogens is 1. The molecule has 1 amide bonds. The number of fused-ring (bicyclic) bond motifs is 1. The van der Waals surface area contributed by atoms with Crippen LogP contribution in [0.5, 0.6) is 23.1 Å². The van der Waals surface area contributed by atoms with Gasteiger partial charge in [-0.2, -0.15) is 4.39 Å². The van der Waals surface area contributed by atoms with Gasteiger partial charge in [0.1, 0.15) is 22.8 Å². The lowest BCUT2D eigenvalue weighted by Crippen LogP contribution is -2.27. The largest absolute Gasteiger partial charge is 0.494 e. The Morgan fingerprint density at radius 3 is 2.71 bits per heavy atom. The third-order valence-corrected chi connectivity index (χ3v) is 6.41. The molecule has 2 aromatic carbocycles. The van der Waals surface area contributed by atoms with Crippen molar-refractivity contribution >= 4 is 11.4 Å². The van der Waals surface area contributed by atoms with Crippen LogP contribution >= 0.6 is 0 Å². The second kappa shape index (κ2) is 10.8. The van der Waals surface area contributed by atoms with E-state index in [2.05, 4.69) is 16.8 Å². The molecule has 1 aliphatic heterocycles. The van der Waals surface area contributed by atoms with Crippen LogP contribution in [0.2, 0.25) is 0 Å². The van der Waals surface area contributed by atoms with Gasteiger partial charge in [0.15, 0.2) is 11.5 Å². The Morgan fingerprint density at radius 1 is 1.18 bits per heavy atom. The molecule has 0 aliphatic carbocycles. The SMILES string of the molecule is CC#CC(=O)N1CC[C@@H](c2nc(-c3ccc(Oc4cccc(OC)c4F)cc3)c3c(OCC)nccn23)C1. The molecule has 0 radical (unpaired) electrons. The summed E-state index contributed by atoms with van der Waals surface area (Å²) in [5.74, 6) is 6.56. The topological polar surface area (TPSA) is 78.2 Å². The molecular formula is C29H27FN4O4. The van der Waals surface area contributed by atoms with Crippen molar-refractivity contribution in [3.8, 4) is 46.2 Å². The van der Waals surface area contributed by atoms with Gasteiger partial charge in [-0.05, 0) is 62.6 Å². The fourth-order valence-corrected chi connectivity index (χ4v) is 4.64. The molecule has 194 valence electrons. The van der Waals surface area contributed by atoms with Crippen LogP contribution in [0.1, 0.15) is 32.0 Å². The van der Waals surface area contributed by atoms with Crippen LogP contribution in [0.4, 0.5) is 4.39 Å². The smallest absolute Gasteiger partial charge is 0.298 e. The number of rotatable bonds is 7. The third-order valence-electron chi connectivity index (χ3n) is 6.41. The molecule has 0 unspecified atom stereocenters. The number of benzene rings is 2. The Morgan fingerprint density at radius 2 is 1.97 bits per heavy atom. The van der Waals surface area contributed by atoms with E-state index in [-0.39, 0.29) is 23.3 Å². The average molecular weight is 515 g/mol. The molecule has 38 heavy (non-hydrogen) atoms. The van der Waals surface area contributed by atoms with E-state index in [0.717, 1.165) is 23.3 Å². The van der Waals surface area contributed by atoms with Crippen LogP contribution in [0, 0.1) is 17.7 Å². The molecule has 5 rings (SSSR count). The zero-order chi connectivity index (χ0) is 26.6. The van der Waals surface area contributed by atoms with E-state index in [1.807, 2.05) is 29.7 Å². The fraction of sp³-hybridized carbons (Fsp3) is 0.276. The summed E-state index contributed by atoms with van der Waals surface area (Å²) < 4.78 is 33.2. The molecule has 9 heteroatoms. The highest BCUT2D eigenvalue weighted by Crippen LogP contribution is 2.37. The minimum absolute atomic E-state index is 0.0365. The van der Waals surface area contributed by atoms with Crippen molar-refractivity contribution in [2.75, 3.05) is 26.8 Å². The minimum atomic E-state index is -0.565. The van der Waals surface area contributed by atoms with Crippen LogP contribution in [-0.4, -0.2) is 52.0 Å². The standard InChI is InChI=1S/C29H27FN4O4/c1-4-7-24(35)33-16-14-20(18-33)28-32-26(27-29(37-5-2)31-15-17-34(27)28)19-10-12-21(13-11-19)38-23-9-6-8-22(36-3)25(23)30/h6,8-13,15,17,20H,5,14,16,18H2,1-3H3/t20-/m1/s1. The zero-order valence-corrected chi connectivity index (χ0v) is 21.4. The molecule has 3 heterocycles. The van der Waals surface area contributed by atoms with Crippen LogP contribution < -0.4 is 14.2 Å². The highest BCUT2D eigenvalue weighted by molar-refractivity contribution is 5.93. The number of amides is 1. The number of methoxy groups -OCH3 is 1. The molecular weight excluding hydrogens is 487 g/mol. The Hall–Kier alpha value is -4.58. The molecule has 8 nitrogen and oxygen atoms in total. The maximum atomic E-state index is 14.5. The van der Waals surface area contributed by atoms with Crippen molar-refractivity contribution < 1.29 is 23.4 Å². The van der Waals surface area contributed by atoms with Crippen LogP contribution in [0.15, 0.2) is 54.9 Å². The summed E-state index contributed by atoms with van der Waals surface area (Å²) >= 11 is 0. The lowest BCUT2D eigenvalue weighted by atomic mass is 10.1. The maximum Gasteiger partial charge on any atom is 0.298 e. The second-order valence-electron chi connectivity index (χ2n) is 8.71. The van der Waals surface area contributed by atoms with Gasteiger partial charge in [0.05, 0.1) is 13.7 Å². The molecule has 1 atom stereocenters. The van der Waals surface area contributed by atoms with Crippen molar-refractivity contribution in [3.63, 3.8) is 0 Å². The fourth-order valence-electron chi connectivity index (χ4n) is 4.64. The van der Waals surface area contributed by atoms with Gasteiger partial charge in [0.25, 0.3) is 5.91 Å². The molecule has 0 N–H and O–H groups in total. The van der Waals surface area contributed by atoms with Gasteiger partial charge in [-0.25, -0.2) is 9.97 Å². The lowest BCUT2D eigenvalue weighted by Gasteiger charge is -2.13. The van der Waals surface area contributed by atoms with Gasteiger partial charge in [-0.3, -0.25) is 9.20 Å². The number of carbonyl (C=O) groups excluding carboxylic acids is 1. The third kappa shape index (κ3) is 4.73. The molecule has 4 aromatic rings. The highest BCUT2D eigenvalue weighted by atomic mass is 19.1. The molecule has 1 saturated heterocycles. The number of carbonyl (C=O) groups is 1. The summed E-state index contributed by atoms with van der Waals surface area (Å²) in [6, 6.07) is 12.0. The summed E-state index contributed by atoms with van der Waals surface area (Å²) in [5.41, 5.74) is 2.27. The highest BCUT2D eigenvalue weighted by Gasteiger charge is 2.31. The number of nitrogens with zero attached hydrogens (tertiary/aromatic N) is 4. The van der Waals surface area contributed by atoms with Gasteiger partial charge in [-0.15, -0.1) is 0 Å². The summed E-state index contributed by atoms with van der Waals surface area (Å²) in [5, 5.41) is 0. The lowest BCUT2D eigenvalue weighted by molar-refractivity contribution is -0.124. The van der Waals surface area contributed by atoms with Crippen LogP contribution in [0.3, 0.4) is 0 Å². The predicted molar refractivity (Wildman–Crippen MR) is 140 cm³/mol. The summed E-state index contributed by atoms with van der Waals surface area (Å²) in [6.45, 7) is 5.18. The molecule has 0 saturated carbocycles. The predicted octanol–water partition coefficient (Wildman–Crippen LogP) is 5.07. The Balaban J connectivity index is 1.50. The van der Waals surface area contributed by atoms with Gasteiger partial charge in [0.2, 0.25) is 11.7 Å². The maximum absolute atomic E-state index is 14.5. The first kappa shape index (κ1) is 25.1. The van der Waals surface area contributed by atoms with Crippen molar-refractivity contribution in [2.24, 2.45) is 0 Å². The molecule has 1 aliphatic rings. The first-order chi connectivity index (χ1) is 18.5. The first-order valence-corrected chi connectivity index (χ1v) is 12.4. The van der Waals surface area contributed by atoms with Crippen molar-refractivity contribution in [1.29, 1.82) is 0 Å². The number of likely N-dealkylation sites (tertiary alicyclic amines) is 1. The van der Waals surface area contributed by atoms with E-state index < -0.39 is 5.82 Å². The number of hydrogen-bond donors (Lipinski definition) is 0. The number of ether oxygens (including phenoxy) is 3. The molecule has 1 fully saturated rings.